The van der Waals surface area contributed by atoms with Crippen LogP contribution in [0.15, 0.2) is 24.3 Å². The lowest BCUT2D eigenvalue weighted by atomic mass is 9.87. The molecule has 20 heavy (non-hydrogen) atoms. The van der Waals surface area contributed by atoms with Gasteiger partial charge in [0, 0.05) is 6.54 Å². The molecule has 4 nitrogen and oxygen atoms in total. The van der Waals surface area contributed by atoms with E-state index in [4.69, 9.17) is 5.73 Å². The van der Waals surface area contributed by atoms with E-state index in [-0.39, 0.29) is 5.41 Å². The number of nitrogens with zero attached hydrogens (tertiary/aromatic N) is 3. The average Bonchev–Trinajstić information content (AvgIpc) is 2.80. The average molecular weight is 272 g/mol. The van der Waals surface area contributed by atoms with Crippen molar-refractivity contribution >= 4 is 0 Å². The van der Waals surface area contributed by atoms with Gasteiger partial charge in [0.15, 0.2) is 0 Å². The molecule has 0 unspecified atom stereocenters. The zero-order valence-electron chi connectivity index (χ0n) is 12.8. The summed E-state index contributed by atoms with van der Waals surface area (Å²) in [5.41, 5.74) is 10.5. The fourth-order valence-electron chi connectivity index (χ4n) is 2.32. The lowest BCUT2D eigenvalue weighted by Crippen LogP contribution is -2.11. The van der Waals surface area contributed by atoms with Crippen LogP contribution >= 0.6 is 0 Å². The van der Waals surface area contributed by atoms with Crippen LogP contribution < -0.4 is 5.73 Å². The second-order valence-electron chi connectivity index (χ2n) is 6.15. The maximum Gasteiger partial charge on any atom is 0.0994 e. The molecule has 1 heterocycles. The Morgan fingerprint density at radius 2 is 1.80 bits per heavy atom. The summed E-state index contributed by atoms with van der Waals surface area (Å²) in [6.45, 7) is 9.98. The van der Waals surface area contributed by atoms with E-state index in [1.165, 1.54) is 11.1 Å². The van der Waals surface area contributed by atoms with E-state index >= 15 is 0 Å². The molecule has 0 spiro atoms. The van der Waals surface area contributed by atoms with E-state index in [0.717, 1.165) is 24.4 Å². The summed E-state index contributed by atoms with van der Waals surface area (Å²) in [6, 6.07) is 8.73. The van der Waals surface area contributed by atoms with E-state index in [0.29, 0.717) is 6.54 Å². The molecule has 1 aromatic carbocycles. The summed E-state index contributed by atoms with van der Waals surface area (Å²) < 4.78 is 1.95. The number of benzene rings is 1. The van der Waals surface area contributed by atoms with Crippen LogP contribution in [0, 0.1) is 0 Å². The van der Waals surface area contributed by atoms with Crippen molar-refractivity contribution in [2.75, 3.05) is 0 Å². The maximum absolute atomic E-state index is 5.68. The molecule has 2 N–H and O–H groups in total. The predicted molar refractivity (Wildman–Crippen MR) is 81.5 cm³/mol. The van der Waals surface area contributed by atoms with Crippen LogP contribution in [0.2, 0.25) is 0 Å². The van der Waals surface area contributed by atoms with Gasteiger partial charge < -0.3 is 5.73 Å². The number of hydrogen-bond donors (Lipinski definition) is 1. The summed E-state index contributed by atoms with van der Waals surface area (Å²) in [5, 5.41) is 8.36. The minimum atomic E-state index is 0.188. The third-order valence-electron chi connectivity index (χ3n) is 3.60. The molecule has 2 aromatic rings. The van der Waals surface area contributed by atoms with Gasteiger partial charge in [0.25, 0.3) is 0 Å². The van der Waals surface area contributed by atoms with Crippen LogP contribution in [-0.2, 0) is 24.9 Å². The van der Waals surface area contributed by atoms with Gasteiger partial charge in [-0.15, -0.1) is 5.10 Å². The zero-order chi connectivity index (χ0) is 14.8. The van der Waals surface area contributed by atoms with Crippen molar-refractivity contribution in [3.8, 4) is 0 Å². The molecule has 0 aliphatic heterocycles. The smallest absolute Gasteiger partial charge is 0.0994 e. The summed E-state index contributed by atoms with van der Waals surface area (Å²) in [7, 11) is 0. The van der Waals surface area contributed by atoms with Gasteiger partial charge in [-0.2, -0.15) is 0 Å². The van der Waals surface area contributed by atoms with Crippen LogP contribution in [0.1, 0.15) is 50.2 Å². The van der Waals surface area contributed by atoms with Gasteiger partial charge in [-0.1, -0.05) is 57.2 Å². The minimum absolute atomic E-state index is 0.188. The summed E-state index contributed by atoms with van der Waals surface area (Å²) in [5.74, 6) is 0. The molecule has 0 aliphatic carbocycles. The highest BCUT2D eigenvalue weighted by molar-refractivity contribution is 5.28. The minimum Gasteiger partial charge on any atom is -0.325 e. The van der Waals surface area contributed by atoms with Crippen molar-refractivity contribution in [1.29, 1.82) is 0 Å². The molecule has 108 valence electrons. The first-order chi connectivity index (χ1) is 9.45. The molecule has 0 bridgehead atoms. The van der Waals surface area contributed by atoms with Crippen molar-refractivity contribution in [1.82, 2.24) is 15.0 Å². The second-order valence-corrected chi connectivity index (χ2v) is 6.15. The number of nitrogens with two attached hydrogens (primary N) is 1. The quantitative estimate of drug-likeness (QED) is 0.931. The van der Waals surface area contributed by atoms with E-state index in [2.05, 4.69) is 62.3 Å². The largest absolute Gasteiger partial charge is 0.325 e. The van der Waals surface area contributed by atoms with E-state index in [1.807, 2.05) is 4.68 Å². The molecule has 1 aromatic heterocycles. The van der Waals surface area contributed by atoms with Crippen LogP contribution in [0.25, 0.3) is 0 Å². The Labute approximate surface area is 121 Å². The topological polar surface area (TPSA) is 56.7 Å². The zero-order valence-corrected chi connectivity index (χ0v) is 12.8. The monoisotopic (exact) mass is 272 g/mol. The Morgan fingerprint density at radius 1 is 1.15 bits per heavy atom. The van der Waals surface area contributed by atoms with Gasteiger partial charge in [0.1, 0.15) is 0 Å². The first-order valence-electron chi connectivity index (χ1n) is 7.16. The van der Waals surface area contributed by atoms with Crippen LogP contribution in [0.3, 0.4) is 0 Å². The molecule has 0 fully saturated rings. The van der Waals surface area contributed by atoms with Crippen molar-refractivity contribution in [2.24, 2.45) is 5.73 Å². The highest BCUT2D eigenvalue weighted by Crippen LogP contribution is 2.22. The van der Waals surface area contributed by atoms with Gasteiger partial charge >= 0.3 is 0 Å². The Hall–Kier alpha value is -1.68. The van der Waals surface area contributed by atoms with Crippen molar-refractivity contribution in [3.63, 3.8) is 0 Å². The molecule has 0 atom stereocenters. The van der Waals surface area contributed by atoms with Gasteiger partial charge in [-0.05, 0) is 23.0 Å². The van der Waals surface area contributed by atoms with Gasteiger partial charge in [0.2, 0.25) is 0 Å². The summed E-state index contributed by atoms with van der Waals surface area (Å²) in [6.07, 6.45) is 0.902. The standard InChI is InChI=1S/C16H24N4/c1-5-15-14(10-17)18-19-20(15)11-12-6-8-13(9-7-12)16(2,3)4/h6-9H,5,10-11,17H2,1-4H3. The molecule has 0 aliphatic rings. The SMILES string of the molecule is CCc1c(CN)nnn1Cc1ccc(C(C)(C)C)cc1. The summed E-state index contributed by atoms with van der Waals surface area (Å²) in [4.78, 5) is 0. The van der Waals surface area contributed by atoms with Crippen molar-refractivity contribution in [3.05, 3.63) is 46.8 Å². The molecular weight excluding hydrogens is 248 g/mol. The number of rotatable bonds is 4. The Kier molecular flexibility index (Phi) is 4.23. The number of aromatic nitrogens is 3. The van der Waals surface area contributed by atoms with Crippen molar-refractivity contribution in [2.45, 2.75) is 52.6 Å². The molecule has 0 amide bonds. The maximum atomic E-state index is 5.68. The molecule has 2 rings (SSSR count). The molecule has 0 radical (unpaired) electrons. The lowest BCUT2D eigenvalue weighted by Gasteiger charge is -2.19. The second kappa shape index (κ2) is 5.75. The van der Waals surface area contributed by atoms with Crippen molar-refractivity contribution < 1.29 is 0 Å². The third-order valence-corrected chi connectivity index (χ3v) is 3.60. The van der Waals surface area contributed by atoms with E-state index in [1.54, 1.807) is 0 Å². The normalized spacial score (nSPS) is 11.8. The van der Waals surface area contributed by atoms with E-state index in [9.17, 15) is 0 Å². The molecular formula is C16H24N4. The number of hydrogen-bond acceptors (Lipinski definition) is 3. The predicted octanol–water partition coefficient (Wildman–Crippen LogP) is 2.65. The first-order valence-corrected chi connectivity index (χ1v) is 7.16. The first kappa shape index (κ1) is 14.7. The van der Waals surface area contributed by atoms with Crippen LogP contribution in [0.5, 0.6) is 0 Å². The van der Waals surface area contributed by atoms with E-state index < -0.39 is 0 Å². The Morgan fingerprint density at radius 3 is 2.30 bits per heavy atom. The Balaban J connectivity index is 2.20. The van der Waals surface area contributed by atoms with Gasteiger partial charge in [0.05, 0.1) is 17.9 Å². The fourth-order valence-corrected chi connectivity index (χ4v) is 2.32. The fraction of sp³-hybridized carbons (Fsp3) is 0.500. The highest BCUT2D eigenvalue weighted by atomic mass is 15.4. The Bertz CT molecular complexity index is 561. The molecule has 4 heteroatoms. The van der Waals surface area contributed by atoms with Gasteiger partial charge in [-0.3, -0.25) is 0 Å². The van der Waals surface area contributed by atoms with Gasteiger partial charge in [-0.25, -0.2) is 4.68 Å². The van der Waals surface area contributed by atoms with Crippen LogP contribution in [-0.4, -0.2) is 15.0 Å². The lowest BCUT2D eigenvalue weighted by molar-refractivity contribution is 0.588. The molecule has 0 saturated carbocycles. The van der Waals surface area contributed by atoms with Crippen LogP contribution in [0.4, 0.5) is 0 Å². The summed E-state index contributed by atoms with van der Waals surface area (Å²) >= 11 is 0. The highest BCUT2D eigenvalue weighted by Gasteiger charge is 2.14. The molecule has 0 saturated heterocycles. The third kappa shape index (κ3) is 3.07.